The van der Waals surface area contributed by atoms with Crippen molar-refractivity contribution in [2.75, 3.05) is 25.8 Å². The van der Waals surface area contributed by atoms with Crippen LogP contribution in [0.2, 0.25) is 5.02 Å². The first-order valence-corrected chi connectivity index (χ1v) is 13.1. The van der Waals surface area contributed by atoms with Crippen LogP contribution in [0.1, 0.15) is 45.1 Å². The normalized spacial score (nSPS) is 15.8. The molecule has 0 saturated carbocycles. The number of ketones is 2. The summed E-state index contributed by atoms with van der Waals surface area (Å²) in [5, 5.41) is 11.7. The van der Waals surface area contributed by atoms with Crippen LogP contribution in [0.15, 0.2) is 78.0 Å². The Morgan fingerprint density at radius 3 is 2.33 bits per heavy atom. The smallest absolute Gasteiger partial charge is 0.233 e. The Morgan fingerprint density at radius 2 is 1.65 bits per heavy atom. The number of benzene rings is 3. The molecule has 9 nitrogen and oxygen atoms in total. The molecule has 3 heterocycles. The average molecular weight is 556 g/mol. The van der Waals surface area contributed by atoms with Crippen molar-refractivity contribution in [3.8, 4) is 17.2 Å². The lowest BCUT2D eigenvalue weighted by molar-refractivity contribution is 0.0990. The van der Waals surface area contributed by atoms with E-state index >= 15 is 0 Å². The van der Waals surface area contributed by atoms with Crippen molar-refractivity contribution >= 4 is 34.7 Å². The van der Waals surface area contributed by atoms with E-state index in [0.29, 0.717) is 29.5 Å². The van der Waals surface area contributed by atoms with E-state index in [1.165, 1.54) is 6.92 Å². The number of carbonyl (C=O) groups excluding carboxylic acids is 2. The molecular weight excluding hydrogens is 530 g/mol. The third kappa shape index (κ3) is 4.28. The largest absolute Gasteiger partial charge is 0.493 e. The highest BCUT2D eigenvalue weighted by Crippen LogP contribution is 2.44. The minimum absolute atomic E-state index is 0.0989. The molecule has 0 N–H and O–H groups in total. The van der Waals surface area contributed by atoms with E-state index in [1.807, 2.05) is 64.5 Å². The van der Waals surface area contributed by atoms with E-state index in [4.69, 9.17) is 26.2 Å². The molecule has 6 rings (SSSR count). The quantitative estimate of drug-likeness (QED) is 0.285. The molecule has 202 valence electrons. The van der Waals surface area contributed by atoms with Crippen LogP contribution in [-0.2, 0) is 6.42 Å². The first-order valence-electron chi connectivity index (χ1n) is 12.7. The van der Waals surface area contributed by atoms with E-state index in [2.05, 4.69) is 5.10 Å². The van der Waals surface area contributed by atoms with Gasteiger partial charge in [0.2, 0.25) is 5.78 Å². The van der Waals surface area contributed by atoms with Crippen LogP contribution in [0.4, 0.5) is 5.69 Å². The van der Waals surface area contributed by atoms with E-state index in [1.54, 1.807) is 37.2 Å². The Morgan fingerprint density at radius 1 is 0.950 bits per heavy atom. The predicted octanol–water partition coefficient (Wildman–Crippen LogP) is 5.32. The van der Waals surface area contributed by atoms with Crippen molar-refractivity contribution in [1.29, 1.82) is 0 Å². The Balaban J connectivity index is 1.47. The maximum absolute atomic E-state index is 14.2. The summed E-state index contributed by atoms with van der Waals surface area (Å²) in [4.78, 5) is 28.7. The van der Waals surface area contributed by atoms with E-state index in [9.17, 15) is 9.59 Å². The Labute approximate surface area is 236 Å². The monoisotopic (exact) mass is 555 g/mol. The second kappa shape index (κ2) is 10.2. The molecule has 0 bridgehead atoms. The molecule has 40 heavy (non-hydrogen) atoms. The summed E-state index contributed by atoms with van der Waals surface area (Å²) in [5.41, 5.74) is 3.81. The van der Waals surface area contributed by atoms with Crippen LogP contribution < -0.4 is 14.5 Å². The van der Waals surface area contributed by atoms with E-state index < -0.39 is 6.17 Å². The van der Waals surface area contributed by atoms with Gasteiger partial charge >= 0.3 is 0 Å². The Hall–Kier alpha value is -4.63. The average Bonchev–Trinajstić information content (AvgIpc) is 3.60. The molecule has 4 aromatic rings. The van der Waals surface area contributed by atoms with Crippen molar-refractivity contribution in [3.05, 3.63) is 100 Å². The lowest BCUT2D eigenvalue weighted by atomic mass is 9.95. The molecule has 0 fully saturated rings. The summed E-state index contributed by atoms with van der Waals surface area (Å²) in [7, 11) is 3.20. The van der Waals surface area contributed by atoms with E-state index in [0.717, 1.165) is 22.5 Å². The fraction of sp³-hybridized carbons (Fsp3) is 0.200. The van der Waals surface area contributed by atoms with Gasteiger partial charge in [0, 0.05) is 30.3 Å². The van der Waals surface area contributed by atoms with Crippen molar-refractivity contribution < 1.29 is 19.1 Å². The highest BCUT2D eigenvalue weighted by atomic mass is 35.5. The lowest BCUT2D eigenvalue weighted by Crippen LogP contribution is -2.43. The molecule has 10 heteroatoms. The van der Waals surface area contributed by atoms with Crippen molar-refractivity contribution in [3.63, 3.8) is 0 Å². The van der Waals surface area contributed by atoms with Crippen molar-refractivity contribution in [2.45, 2.75) is 19.5 Å². The fourth-order valence-electron chi connectivity index (χ4n) is 5.23. The standard InChI is InChI=1S/C30H26ClN5O4/c1-18(37)27-24(17-35(32-27)21-7-5-4-6-8-21)28(38)29-33-36(22-11-9-20(31)10-12-22)30-23-16-26(40-3)25(39-2)15-19(23)13-14-34(29)30/h4-12,15-17,30H,13-14H2,1-3H3. The number of para-hydroxylation sites is 1. The Kier molecular flexibility index (Phi) is 6.51. The summed E-state index contributed by atoms with van der Waals surface area (Å²) >= 11 is 6.18. The zero-order valence-electron chi connectivity index (χ0n) is 22.2. The van der Waals surface area contributed by atoms with Gasteiger partial charge in [0.25, 0.3) is 0 Å². The SMILES string of the molecule is COc1cc2c(cc1OC)C1N(CC2)C(C(=O)c2cn(-c3ccccc3)nc2C(C)=O)=NN1c1ccc(Cl)cc1. The topological polar surface area (TPSA) is 89.3 Å². The van der Waals surface area contributed by atoms with Crippen LogP contribution in [0.3, 0.4) is 0 Å². The van der Waals surface area contributed by atoms with Crippen molar-refractivity contribution in [1.82, 2.24) is 14.7 Å². The molecule has 2 aliphatic rings. The second-order valence-corrected chi connectivity index (χ2v) is 9.96. The molecule has 1 unspecified atom stereocenters. The number of amidine groups is 1. The molecule has 0 spiro atoms. The highest BCUT2D eigenvalue weighted by molar-refractivity contribution is 6.46. The minimum atomic E-state index is -0.423. The molecule has 0 aliphatic carbocycles. The van der Waals surface area contributed by atoms with Gasteiger partial charge in [-0.2, -0.15) is 5.10 Å². The molecule has 0 saturated heterocycles. The summed E-state index contributed by atoms with van der Waals surface area (Å²) in [6.07, 6.45) is 1.84. The van der Waals surface area contributed by atoms with Crippen LogP contribution in [0, 0.1) is 0 Å². The van der Waals surface area contributed by atoms with Gasteiger partial charge in [-0.05, 0) is 60.5 Å². The zero-order valence-corrected chi connectivity index (χ0v) is 22.9. The molecular formula is C30H26ClN5O4. The number of halogens is 1. The van der Waals surface area contributed by atoms with Gasteiger partial charge in [-0.1, -0.05) is 29.8 Å². The highest BCUT2D eigenvalue weighted by Gasteiger charge is 2.44. The van der Waals surface area contributed by atoms with Gasteiger partial charge in [0.15, 0.2) is 29.3 Å². The van der Waals surface area contributed by atoms with Gasteiger partial charge < -0.3 is 14.4 Å². The number of rotatable bonds is 7. The number of carbonyl (C=O) groups is 2. The van der Waals surface area contributed by atoms with Crippen LogP contribution in [-0.4, -0.2) is 52.8 Å². The van der Waals surface area contributed by atoms with Crippen molar-refractivity contribution in [2.24, 2.45) is 5.10 Å². The van der Waals surface area contributed by atoms with Crippen LogP contribution in [0.25, 0.3) is 5.69 Å². The summed E-state index contributed by atoms with van der Waals surface area (Å²) < 4.78 is 12.7. The third-order valence-corrected chi connectivity index (χ3v) is 7.41. The molecule has 1 atom stereocenters. The number of Topliss-reactive ketones (excluding diaryl/α,β-unsaturated/α-hetero) is 2. The van der Waals surface area contributed by atoms with Gasteiger partial charge in [-0.15, -0.1) is 5.10 Å². The van der Waals surface area contributed by atoms with Gasteiger partial charge in [-0.25, -0.2) is 9.69 Å². The Bertz CT molecular complexity index is 1650. The summed E-state index contributed by atoms with van der Waals surface area (Å²) in [6, 6.07) is 20.6. The fourth-order valence-corrected chi connectivity index (χ4v) is 5.35. The van der Waals surface area contributed by atoms with E-state index in [-0.39, 0.29) is 28.7 Å². The number of ether oxygens (including phenoxy) is 2. The minimum Gasteiger partial charge on any atom is -0.493 e. The van der Waals surface area contributed by atoms with Gasteiger partial charge in [-0.3, -0.25) is 9.59 Å². The van der Waals surface area contributed by atoms with Crippen LogP contribution in [0.5, 0.6) is 11.5 Å². The number of methoxy groups -OCH3 is 2. The maximum atomic E-state index is 14.2. The zero-order chi connectivity index (χ0) is 28.0. The second-order valence-electron chi connectivity index (χ2n) is 9.52. The lowest BCUT2D eigenvalue weighted by Gasteiger charge is -2.37. The summed E-state index contributed by atoms with van der Waals surface area (Å²) in [6.45, 7) is 1.94. The molecule has 0 amide bonds. The molecule has 2 aliphatic heterocycles. The number of aromatic nitrogens is 2. The van der Waals surface area contributed by atoms with Gasteiger partial charge in [0.05, 0.1) is 31.2 Å². The molecule has 0 radical (unpaired) electrons. The number of hydrazone groups is 1. The predicted molar refractivity (Wildman–Crippen MR) is 152 cm³/mol. The van der Waals surface area contributed by atoms with Gasteiger partial charge in [0.1, 0.15) is 5.69 Å². The first kappa shape index (κ1) is 25.6. The number of nitrogens with zero attached hydrogens (tertiary/aromatic N) is 5. The van der Waals surface area contributed by atoms with Crippen LogP contribution >= 0.6 is 11.6 Å². The number of hydrogen-bond donors (Lipinski definition) is 0. The number of fused-ring (bicyclic) bond motifs is 3. The first-order chi connectivity index (χ1) is 19.4. The third-order valence-electron chi connectivity index (χ3n) is 7.15. The maximum Gasteiger partial charge on any atom is 0.233 e. The summed E-state index contributed by atoms with van der Waals surface area (Å²) in [5.74, 6) is 0.779. The molecule has 3 aromatic carbocycles. The number of hydrogen-bond acceptors (Lipinski definition) is 8. The number of anilines is 1. The molecule has 1 aromatic heterocycles.